The van der Waals surface area contributed by atoms with Gasteiger partial charge in [0.15, 0.2) is 11.5 Å². The van der Waals surface area contributed by atoms with Crippen LogP contribution in [0.25, 0.3) is 0 Å². The van der Waals surface area contributed by atoms with E-state index in [4.69, 9.17) is 9.47 Å². The minimum Gasteiger partial charge on any atom is -0.490 e. The maximum Gasteiger partial charge on any atom is 0.238 e. The second kappa shape index (κ2) is 11.2. The molecular weight excluding hydrogens is 340 g/mol. The Morgan fingerprint density at radius 3 is 2.30 bits per heavy atom. The van der Waals surface area contributed by atoms with Crippen molar-refractivity contribution >= 4 is 11.6 Å². The molecule has 5 nitrogen and oxygen atoms in total. The van der Waals surface area contributed by atoms with Crippen molar-refractivity contribution in [3.05, 3.63) is 54.1 Å². The van der Waals surface area contributed by atoms with Gasteiger partial charge in [-0.05, 0) is 37.6 Å². The molecule has 0 heterocycles. The summed E-state index contributed by atoms with van der Waals surface area (Å²) in [5.41, 5.74) is 1.89. The zero-order valence-electron chi connectivity index (χ0n) is 16.5. The Labute approximate surface area is 162 Å². The van der Waals surface area contributed by atoms with Crippen LogP contribution in [0.1, 0.15) is 32.3 Å². The van der Waals surface area contributed by atoms with Crippen LogP contribution in [0.4, 0.5) is 5.69 Å². The fraction of sp³-hybridized carbons (Fsp3) is 0.409. The normalized spacial score (nSPS) is 10.7. The monoisotopic (exact) mass is 370 g/mol. The summed E-state index contributed by atoms with van der Waals surface area (Å²) in [6.07, 6.45) is 1.84. The van der Waals surface area contributed by atoms with Gasteiger partial charge in [0.05, 0.1) is 19.8 Å². The van der Waals surface area contributed by atoms with Gasteiger partial charge >= 0.3 is 0 Å². The molecular formula is C22H30N2O3. The number of carbonyl (C=O) groups excluding carboxylic acids is 1. The molecule has 1 N–H and O–H groups in total. The number of anilines is 1. The molecule has 1 amide bonds. The standard InChI is InChI=1S/C22H30N2O3/c1-4-13-26-20-12-11-19(15-21(20)27-14-5-2)23-22(25)17-24(3)16-18-9-7-6-8-10-18/h6-12,15H,4-5,13-14,16-17H2,1-3H3,(H,23,25). The van der Waals surface area contributed by atoms with E-state index in [1.54, 1.807) is 0 Å². The second-order valence-electron chi connectivity index (χ2n) is 6.56. The van der Waals surface area contributed by atoms with Crippen LogP contribution in [-0.2, 0) is 11.3 Å². The van der Waals surface area contributed by atoms with Gasteiger partial charge < -0.3 is 14.8 Å². The molecule has 0 aromatic heterocycles. The summed E-state index contributed by atoms with van der Waals surface area (Å²) >= 11 is 0. The first-order valence-electron chi connectivity index (χ1n) is 9.54. The van der Waals surface area contributed by atoms with Crippen molar-refractivity contribution in [1.82, 2.24) is 4.90 Å². The summed E-state index contributed by atoms with van der Waals surface area (Å²) < 4.78 is 11.5. The zero-order chi connectivity index (χ0) is 19.5. The molecule has 2 aromatic carbocycles. The topological polar surface area (TPSA) is 50.8 Å². The second-order valence-corrected chi connectivity index (χ2v) is 6.56. The molecule has 0 radical (unpaired) electrons. The molecule has 0 atom stereocenters. The third kappa shape index (κ3) is 7.31. The predicted octanol–water partition coefficient (Wildman–Crippen LogP) is 4.33. The number of ether oxygens (including phenoxy) is 2. The van der Waals surface area contributed by atoms with Crippen molar-refractivity contribution in [2.45, 2.75) is 33.2 Å². The van der Waals surface area contributed by atoms with Crippen molar-refractivity contribution < 1.29 is 14.3 Å². The van der Waals surface area contributed by atoms with Crippen molar-refractivity contribution in [1.29, 1.82) is 0 Å². The average molecular weight is 370 g/mol. The van der Waals surface area contributed by atoms with Crippen LogP contribution in [0.3, 0.4) is 0 Å². The maximum atomic E-state index is 12.4. The van der Waals surface area contributed by atoms with Gasteiger partial charge in [0.2, 0.25) is 5.91 Å². The van der Waals surface area contributed by atoms with Gasteiger partial charge in [0.25, 0.3) is 0 Å². The van der Waals surface area contributed by atoms with E-state index < -0.39 is 0 Å². The predicted molar refractivity (Wildman–Crippen MR) is 109 cm³/mol. The lowest BCUT2D eigenvalue weighted by molar-refractivity contribution is -0.117. The summed E-state index contributed by atoms with van der Waals surface area (Å²) in [5, 5.41) is 2.94. The molecule has 0 unspecified atom stereocenters. The summed E-state index contributed by atoms with van der Waals surface area (Å²) in [4.78, 5) is 14.4. The molecule has 0 aliphatic rings. The third-order valence-electron chi connectivity index (χ3n) is 3.86. The van der Waals surface area contributed by atoms with Gasteiger partial charge in [-0.2, -0.15) is 0 Å². The molecule has 2 rings (SSSR count). The van der Waals surface area contributed by atoms with E-state index in [1.807, 2.05) is 48.3 Å². The van der Waals surface area contributed by atoms with Gasteiger partial charge in [0.1, 0.15) is 0 Å². The lowest BCUT2D eigenvalue weighted by Gasteiger charge is -2.17. The lowest BCUT2D eigenvalue weighted by atomic mass is 10.2. The number of benzene rings is 2. The number of likely N-dealkylation sites (N-methyl/N-ethyl adjacent to an activating group) is 1. The highest BCUT2D eigenvalue weighted by Gasteiger charge is 2.11. The van der Waals surface area contributed by atoms with Crippen molar-refractivity contribution in [3.63, 3.8) is 0 Å². The number of nitrogens with zero attached hydrogens (tertiary/aromatic N) is 1. The summed E-state index contributed by atoms with van der Waals surface area (Å²) in [5.74, 6) is 1.32. The minimum atomic E-state index is -0.0582. The number of carbonyl (C=O) groups is 1. The van der Waals surface area contributed by atoms with Gasteiger partial charge in [-0.1, -0.05) is 44.2 Å². The number of hydrogen-bond donors (Lipinski definition) is 1. The average Bonchev–Trinajstić information content (AvgIpc) is 2.66. The summed E-state index contributed by atoms with van der Waals surface area (Å²) in [6.45, 7) is 6.41. The molecule has 0 saturated carbocycles. The molecule has 0 saturated heterocycles. The van der Waals surface area contributed by atoms with E-state index >= 15 is 0 Å². The molecule has 0 bridgehead atoms. The number of nitrogens with one attached hydrogen (secondary N) is 1. The zero-order valence-corrected chi connectivity index (χ0v) is 16.5. The largest absolute Gasteiger partial charge is 0.490 e. The van der Waals surface area contributed by atoms with Crippen LogP contribution in [0, 0.1) is 0 Å². The Hall–Kier alpha value is -2.53. The first-order chi connectivity index (χ1) is 13.1. The number of rotatable bonds is 11. The SMILES string of the molecule is CCCOc1ccc(NC(=O)CN(C)Cc2ccccc2)cc1OCCC. The molecule has 27 heavy (non-hydrogen) atoms. The van der Waals surface area contributed by atoms with Crippen LogP contribution >= 0.6 is 0 Å². The first-order valence-corrected chi connectivity index (χ1v) is 9.54. The molecule has 0 aliphatic heterocycles. The number of hydrogen-bond acceptors (Lipinski definition) is 4. The molecule has 0 fully saturated rings. The van der Waals surface area contributed by atoms with Crippen LogP contribution < -0.4 is 14.8 Å². The van der Waals surface area contributed by atoms with Crippen LogP contribution in [-0.4, -0.2) is 37.6 Å². The van der Waals surface area contributed by atoms with E-state index in [2.05, 4.69) is 31.3 Å². The van der Waals surface area contributed by atoms with Crippen molar-refractivity contribution in [3.8, 4) is 11.5 Å². The van der Waals surface area contributed by atoms with E-state index in [9.17, 15) is 4.79 Å². The molecule has 0 aliphatic carbocycles. The maximum absolute atomic E-state index is 12.4. The van der Waals surface area contributed by atoms with Crippen LogP contribution in [0.2, 0.25) is 0 Å². The molecule has 2 aromatic rings. The van der Waals surface area contributed by atoms with Crippen LogP contribution in [0.15, 0.2) is 48.5 Å². The Balaban J connectivity index is 1.95. The first kappa shape index (κ1) is 20.8. The minimum absolute atomic E-state index is 0.0582. The molecule has 5 heteroatoms. The van der Waals surface area contributed by atoms with Crippen LogP contribution in [0.5, 0.6) is 11.5 Å². The fourth-order valence-electron chi connectivity index (χ4n) is 2.64. The Kier molecular flexibility index (Phi) is 8.65. The van der Waals surface area contributed by atoms with Gasteiger partial charge in [-0.3, -0.25) is 9.69 Å². The highest BCUT2D eigenvalue weighted by Crippen LogP contribution is 2.31. The van der Waals surface area contributed by atoms with E-state index in [1.165, 1.54) is 5.56 Å². The van der Waals surface area contributed by atoms with E-state index in [0.717, 1.165) is 19.4 Å². The van der Waals surface area contributed by atoms with Gasteiger partial charge in [-0.15, -0.1) is 0 Å². The van der Waals surface area contributed by atoms with Crippen molar-refractivity contribution in [2.75, 3.05) is 32.1 Å². The lowest BCUT2D eigenvalue weighted by Crippen LogP contribution is -2.29. The molecule has 0 spiro atoms. The quantitative estimate of drug-likeness (QED) is 0.639. The smallest absolute Gasteiger partial charge is 0.238 e. The van der Waals surface area contributed by atoms with Crippen molar-refractivity contribution in [2.24, 2.45) is 0 Å². The summed E-state index contributed by atoms with van der Waals surface area (Å²) in [6, 6.07) is 15.6. The van der Waals surface area contributed by atoms with E-state index in [-0.39, 0.29) is 5.91 Å². The Morgan fingerprint density at radius 1 is 0.963 bits per heavy atom. The Morgan fingerprint density at radius 2 is 1.63 bits per heavy atom. The Bertz CT molecular complexity index is 704. The van der Waals surface area contributed by atoms with Gasteiger partial charge in [-0.25, -0.2) is 0 Å². The highest BCUT2D eigenvalue weighted by molar-refractivity contribution is 5.92. The summed E-state index contributed by atoms with van der Waals surface area (Å²) in [7, 11) is 1.93. The third-order valence-corrected chi connectivity index (χ3v) is 3.86. The number of amides is 1. The highest BCUT2D eigenvalue weighted by atomic mass is 16.5. The van der Waals surface area contributed by atoms with Gasteiger partial charge in [0, 0.05) is 18.3 Å². The van der Waals surface area contributed by atoms with E-state index in [0.29, 0.717) is 36.9 Å². The molecule has 146 valence electrons. The fourth-order valence-corrected chi connectivity index (χ4v) is 2.64.